The minimum absolute atomic E-state index is 0.0735. The Balaban J connectivity index is 2.23. The third kappa shape index (κ3) is 3.48. The van der Waals surface area contributed by atoms with Gasteiger partial charge < -0.3 is 5.32 Å². The van der Waals surface area contributed by atoms with Crippen LogP contribution in [0.5, 0.6) is 0 Å². The fourth-order valence-corrected chi connectivity index (χ4v) is 3.31. The Labute approximate surface area is 135 Å². The second-order valence-corrected chi connectivity index (χ2v) is 7.65. The first-order valence-corrected chi connectivity index (χ1v) is 8.61. The Morgan fingerprint density at radius 1 is 1.09 bits per heavy atom. The lowest BCUT2D eigenvalue weighted by atomic mass is 10.2. The molecule has 2 aromatic carbocycles. The number of rotatable bonds is 4. The lowest BCUT2D eigenvalue weighted by molar-refractivity contribution is -0.115. The molecule has 1 atom stereocenters. The first-order valence-electron chi connectivity index (χ1n) is 6.68. The van der Waals surface area contributed by atoms with Gasteiger partial charge in [-0.3, -0.25) is 4.79 Å². The maximum atomic E-state index is 12.5. The van der Waals surface area contributed by atoms with E-state index in [0.29, 0.717) is 10.7 Å². The van der Waals surface area contributed by atoms with Gasteiger partial charge in [-0.2, -0.15) is 0 Å². The predicted molar refractivity (Wildman–Crippen MR) is 87.9 cm³/mol. The fraction of sp³-hybridized carbons (Fsp3) is 0.188. The number of carbonyl (C=O) groups is 1. The van der Waals surface area contributed by atoms with E-state index < -0.39 is 21.0 Å². The highest BCUT2D eigenvalue weighted by molar-refractivity contribution is 7.92. The molecule has 116 valence electrons. The summed E-state index contributed by atoms with van der Waals surface area (Å²) in [5.74, 6) is -0.566. The van der Waals surface area contributed by atoms with Gasteiger partial charge in [0.2, 0.25) is 5.91 Å². The van der Waals surface area contributed by atoms with E-state index in [1.165, 1.54) is 31.2 Å². The number of anilines is 1. The number of sulfone groups is 1. The minimum atomic E-state index is -3.76. The third-order valence-corrected chi connectivity index (χ3v) is 5.71. The van der Waals surface area contributed by atoms with E-state index in [1.54, 1.807) is 12.1 Å². The largest absolute Gasteiger partial charge is 0.325 e. The van der Waals surface area contributed by atoms with Crippen molar-refractivity contribution in [2.45, 2.75) is 24.0 Å². The highest BCUT2D eigenvalue weighted by Gasteiger charge is 2.29. The molecule has 2 rings (SSSR count). The van der Waals surface area contributed by atoms with Gasteiger partial charge >= 0.3 is 0 Å². The van der Waals surface area contributed by atoms with Crippen molar-refractivity contribution in [1.29, 1.82) is 0 Å². The molecular weight excluding hydrogens is 322 g/mol. The second kappa shape index (κ2) is 6.50. The summed E-state index contributed by atoms with van der Waals surface area (Å²) in [5, 5.41) is 1.89. The standard InChI is InChI=1S/C16H16ClNO3S/c1-11-5-3-4-6-15(11)18-16(19)12(2)22(20,21)14-9-7-13(17)8-10-14/h3-10,12H,1-2H3,(H,18,19). The van der Waals surface area contributed by atoms with Gasteiger partial charge in [-0.05, 0) is 49.7 Å². The van der Waals surface area contributed by atoms with Crippen molar-refractivity contribution < 1.29 is 13.2 Å². The maximum absolute atomic E-state index is 12.5. The average Bonchev–Trinajstić information content (AvgIpc) is 2.49. The number of para-hydroxylation sites is 1. The molecule has 0 radical (unpaired) electrons. The van der Waals surface area contributed by atoms with Gasteiger partial charge in [-0.25, -0.2) is 8.42 Å². The van der Waals surface area contributed by atoms with Crippen molar-refractivity contribution in [3.8, 4) is 0 Å². The van der Waals surface area contributed by atoms with Gasteiger partial charge in [0.15, 0.2) is 9.84 Å². The average molecular weight is 338 g/mol. The molecule has 0 aliphatic rings. The Kier molecular flexibility index (Phi) is 4.88. The molecule has 2 aromatic rings. The van der Waals surface area contributed by atoms with Crippen molar-refractivity contribution in [2.75, 3.05) is 5.32 Å². The number of hydrogen-bond donors (Lipinski definition) is 1. The normalized spacial score (nSPS) is 12.7. The summed E-state index contributed by atoms with van der Waals surface area (Å²) in [7, 11) is -3.76. The first kappa shape index (κ1) is 16.5. The van der Waals surface area contributed by atoms with Crippen LogP contribution in [0, 0.1) is 6.92 Å². The summed E-state index contributed by atoms with van der Waals surface area (Å²) in [5.41, 5.74) is 1.47. The number of amides is 1. The molecule has 0 saturated heterocycles. The van der Waals surface area contributed by atoms with Crippen LogP contribution in [0.3, 0.4) is 0 Å². The Morgan fingerprint density at radius 3 is 2.27 bits per heavy atom. The number of nitrogens with one attached hydrogen (secondary N) is 1. The van der Waals surface area contributed by atoms with Crippen LogP contribution in [0.1, 0.15) is 12.5 Å². The van der Waals surface area contributed by atoms with Crippen LogP contribution < -0.4 is 5.32 Å². The summed E-state index contributed by atoms with van der Waals surface area (Å²) in [6.45, 7) is 3.21. The van der Waals surface area contributed by atoms with Crippen LogP contribution in [0.2, 0.25) is 5.02 Å². The Bertz CT molecular complexity index is 785. The van der Waals surface area contributed by atoms with E-state index in [2.05, 4.69) is 5.32 Å². The van der Waals surface area contributed by atoms with Crippen molar-refractivity contribution >= 4 is 33.0 Å². The number of halogens is 1. The number of benzene rings is 2. The lowest BCUT2D eigenvalue weighted by Gasteiger charge is -2.14. The number of aryl methyl sites for hydroxylation is 1. The lowest BCUT2D eigenvalue weighted by Crippen LogP contribution is -2.32. The Morgan fingerprint density at radius 2 is 1.68 bits per heavy atom. The molecule has 1 N–H and O–H groups in total. The molecule has 0 saturated carbocycles. The number of carbonyl (C=O) groups excluding carboxylic acids is 1. The van der Waals surface area contributed by atoms with E-state index >= 15 is 0 Å². The Hall–Kier alpha value is -1.85. The van der Waals surface area contributed by atoms with Crippen LogP contribution in [0.4, 0.5) is 5.69 Å². The van der Waals surface area contributed by atoms with E-state index in [-0.39, 0.29) is 4.90 Å². The van der Waals surface area contributed by atoms with Gasteiger partial charge in [0.05, 0.1) is 4.90 Å². The summed E-state index contributed by atoms with van der Waals surface area (Å²) in [6, 6.07) is 13.0. The fourth-order valence-electron chi connectivity index (χ4n) is 1.92. The van der Waals surface area contributed by atoms with Crippen LogP contribution in [0.25, 0.3) is 0 Å². The predicted octanol–water partition coefficient (Wildman–Crippen LogP) is 3.45. The third-order valence-electron chi connectivity index (χ3n) is 3.38. The van der Waals surface area contributed by atoms with Crippen LogP contribution in [-0.4, -0.2) is 19.6 Å². The van der Waals surface area contributed by atoms with Crippen molar-refractivity contribution in [3.63, 3.8) is 0 Å². The molecule has 4 nitrogen and oxygen atoms in total. The molecule has 0 aliphatic carbocycles. The van der Waals surface area contributed by atoms with Gasteiger partial charge in [0, 0.05) is 10.7 Å². The van der Waals surface area contributed by atoms with Crippen LogP contribution in [0.15, 0.2) is 53.4 Å². The van der Waals surface area contributed by atoms with Crippen molar-refractivity contribution in [3.05, 3.63) is 59.1 Å². The highest BCUT2D eigenvalue weighted by Crippen LogP contribution is 2.21. The van der Waals surface area contributed by atoms with E-state index in [4.69, 9.17) is 11.6 Å². The molecule has 0 aliphatic heterocycles. The van der Waals surface area contributed by atoms with Gasteiger partial charge in [0.25, 0.3) is 0 Å². The summed E-state index contributed by atoms with van der Waals surface area (Å²) < 4.78 is 24.9. The van der Waals surface area contributed by atoms with Gasteiger partial charge in [-0.1, -0.05) is 29.8 Å². The zero-order valence-electron chi connectivity index (χ0n) is 12.2. The molecule has 6 heteroatoms. The molecule has 0 bridgehead atoms. The quantitative estimate of drug-likeness (QED) is 0.929. The topological polar surface area (TPSA) is 63.2 Å². The molecular formula is C16H16ClNO3S. The zero-order valence-corrected chi connectivity index (χ0v) is 13.8. The molecule has 0 aromatic heterocycles. The van der Waals surface area contributed by atoms with E-state index in [9.17, 15) is 13.2 Å². The van der Waals surface area contributed by atoms with Gasteiger partial charge in [-0.15, -0.1) is 0 Å². The van der Waals surface area contributed by atoms with Crippen LogP contribution in [-0.2, 0) is 14.6 Å². The summed E-state index contributed by atoms with van der Waals surface area (Å²) >= 11 is 5.75. The van der Waals surface area contributed by atoms with Crippen molar-refractivity contribution in [2.24, 2.45) is 0 Å². The number of hydrogen-bond acceptors (Lipinski definition) is 3. The summed E-state index contributed by atoms with van der Waals surface area (Å²) in [6.07, 6.45) is 0. The maximum Gasteiger partial charge on any atom is 0.242 e. The molecule has 22 heavy (non-hydrogen) atoms. The second-order valence-electron chi connectivity index (χ2n) is 4.95. The van der Waals surface area contributed by atoms with Gasteiger partial charge in [0.1, 0.15) is 5.25 Å². The first-order chi connectivity index (χ1) is 10.3. The summed E-state index contributed by atoms with van der Waals surface area (Å²) in [4.78, 5) is 12.3. The minimum Gasteiger partial charge on any atom is -0.325 e. The molecule has 0 fully saturated rings. The molecule has 0 spiro atoms. The SMILES string of the molecule is Cc1ccccc1NC(=O)C(C)S(=O)(=O)c1ccc(Cl)cc1. The zero-order chi connectivity index (χ0) is 16.3. The smallest absolute Gasteiger partial charge is 0.242 e. The monoisotopic (exact) mass is 337 g/mol. The van der Waals surface area contributed by atoms with Crippen LogP contribution >= 0.6 is 11.6 Å². The molecule has 1 unspecified atom stereocenters. The van der Waals surface area contributed by atoms with Crippen molar-refractivity contribution in [1.82, 2.24) is 0 Å². The highest BCUT2D eigenvalue weighted by atomic mass is 35.5. The molecule has 1 amide bonds. The molecule has 0 heterocycles. The van der Waals surface area contributed by atoms with E-state index in [1.807, 2.05) is 19.1 Å². The van der Waals surface area contributed by atoms with E-state index in [0.717, 1.165) is 5.56 Å².